The van der Waals surface area contributed by atoms with E-state index in [1.54, 1.807) is 25.7 Å². The van der Waals surface area contributed by atoms with Crippen molar-refractivity contribution < 1.29 is 4.98 Å². The van der Waals surface area contributed by atoms with Gasteiger partial charge in [-0.25, -0.2) is 10.4 Å². The summed E-state index contributed by atoms with van der Waals surface area (Å²) in [5.74, 6) is 0.127. The van der Waals surface area contributed by atoms with E-state index in [0.29, 0.717) is 0 Å². The number of aromatic amines is 1. The molecule has 0 saturated carbocycles. The fourth-order valence-electron chi connectivity index (χ4n) is 1.04. The molecule has 0 saturated heterocycles. The normalized spacial score (nSPS) is 11.9. The molecule has 9 heteroatoms. The van der Waals surface area contributed by atoms with E-state index in [1.165, 1.54) is 6.21 Å². The smallest absolute Gasteiger partial charge is 0.211 e. The Labute approximate surface area is 110 Å². The van der Waals surface area contributed by atoms with E-state index in [4.69, 9.17) is 17.2 Å². The topological polar surface area (TPSA) is 154 Å². The maximum Gasteiger partial charge on any atom is 0.211 e. The first-order valence-corrected chi connectivity index (χ1v) is 5.26. The molecule has 0 fully saturated rings. The molecule has 1 heterocycles. The largest absolute Gasteiger partial charge is 0.369 e. The summed E-state index contributed by atoms with van der Waals surface area (Å²) in [4.78, 5) is 6.63. The number of guanidine groups is 2. The fourth-order valence-corrected chi connectivity index (χ4v) is 1.04. The van der Waals surface area contributed by atoms with Crippen LogP contribution in [0.4, 0.5) is 0 Å². The second kappa shape index (κ2) is 7.37. The highest BCUT2D eigenvalue weighted by Crippen LogP contribution is 1.95. The molecule has 0 aliphatic carbocycles. The van der Waals surface area contributed by atoms with Gasteiger partial charge >= 0.3 is 0 Å². The molecular formula is C10H16N9+. The van der Waals surface area contributed by atoms with Crippen molar-refractivity contribution in [1.29, 1.82) is 0 Å². The molecule has 1 aromatic heterocycles. The third-order valence-corrected chi connectivity index (χ3v) is 1.85. The van der Waals surface area contributed by atoms with Gasteiger partial charge in [-0.2, -0.15) is 10.2 Å². The van der Waals surface area contributed by atoms with Crippen molar-refractivity contribution in [2.24, 2.45) is 37.5 Å². The number of hydrogen-bond donors (Lipinski definition) is 4. The summed E-state index contributed by atoms with van der Waals surface area (Å²) in [6.45, 7) is 0. The molecule has 0 aromatic carbocycles. The summed E-state index contributed by atoms with van der Waals surface area (Å²) in [6, 6.07) is 1.83. The molecule has 0 spiro atoms. The minimum atomic E-state index is -0.100. The van der Waals surface area contributed by atoms with Crippen LogP contribution in [-0.4, -0.2) is 31.4 Å². The van der Waals surface area contributed by atoms with Crippen LogP contribution < -0.4 is 27.6 Å². The first-order valence-electron chi connectivity index (χ1n) is 5.26. The number of rotatable bonds is 4. The molecule has 9 nitrogen and oxygen atoms in total. The molecule has 0 amide bonds. The van der Waals surface area contributed by atoms with E-state index in [-0.39, 0.29) is 11.9 Å². The highest BCUT2D eigenvalue weighted by molar-refractivity contribution is 5.86. The third kappa shape index (κ3) is 5.77. The van der Waals surface area contributed by atoms with Gasteiger partial charge in [0, 0.05) is 7.05 Å². The second-order valence-corrected chi connectivity index (χ2v) is 3.35. The first-order chi connectivity index (χ1) is 9.11. The molecule has 1 aromatic rings. The van der Waals surface area contributed by atoms with Crippen molar-refractivity contribution >= 4 is 24.3 Å². The van der Waals surface area contributed by atoms with Crippen molar-refractivity contribution in [2.75, 3.05) is 7.05 Å². The number of hydrazone groups is 1. The predicted octanol–water partition coefficient (Wildman–Crippen LogP) is -2.02. The van der Waals surface area contributed by atoms with E-state index < -0.39 is 0 Å². The minimum absolute atomic E-state index is 0.100. The monoisotopic (exact) mass is 262 g/mol. The zero-order valence-electron chi connectivity index (χ0n) is 10.4. The zero-order chi connectivity index (χ0) is 14.1. The summed E-state index contributed by atoms with van der Waals surface area (Å²) < 4.78 is 0. The van der Waals surface area contributed by atoms with Gasteiger partial charge in [0.2, 0.25) is 11.9 Å². The summed E-state index contributed by atoms with van der Waals surface area (Å²) in [6.07, 6.45) is 6.57. The number of nitrogens with zero attached hydrogens (tertiary/aromatic N) is 4. The lowest BCUT2D eigenvalue weighted by Crippen LogP contribution is -2.26. The van der Waals surface area contributed by atoms with E-state index in [2.05, 4.69) is 30.7 Å². The van der Waals surface area contributed by atoms with Gasteiger partial charge in [-0.1, -0.05) is 0 Å². The van der Waals surface area contributed by atoms with Gasteiger partial charge in [0.15, 0.2) is 12.4 Å². The van der Waals surface area contributed by atoms with Crippen LogP contribution in [0.25, 0.3) is 0 Å². The zero-order valence-corrected chi connectivity index (χ0v) is 10.4. The van der Waals surface area contributed by atoms with Gasteiger partial charge in [0.1, 0.15) is 0 Å². The lowest BCUT2D eigenvalue weighted by molar-refractivity contribution is -0.378. The van der Waals surface area contributed by atoms with Gasteiger partial charge in [0.25, 0.3) is 0 Å². The molecule has 100 valence electrons. The Morgan fingerprint density at radius 1 is 1.21 bits per heavy atom. The van der Waals surface area contributed by atoms with Crippen LogP contribution in [0, 0.1) is 0 Å². The first kappa shape index (κ1) is 14.1. The quantitative estimate of drug-likeness (QED) is 0.281. The Morgan fingerprint density at radius 2 is 1.89 bits per heavy atom. The Morgan fingerprint density at radius 3 is 2.53 bits per heavy atom. The number of pyridine rings is 1. The number of aliphatic imine (C=N–C) groups is 1. The summed E-state index contributed by atoms with van der Waals surface area (Å²) in [5, 5.41) is 11.1. The molecule has 19 heavy (non-hydrogen) atoms. The van der Waals surface area contributed by atoms with Crippen LogP contribution in [-0.2, 0) is 0 Å². The number of H-pyrrole nitrogens is 1. The Kier molecular flexibility index (Phi) is 5.47. The van der Waals surface area contributed by atoms with Crippen molar-refractivity contribution in [3.05, 3.63) is 29.6 Å². The SMILES string of the molecule is CN=C(N)N/N=C/c1c[nH+]cc(/C=N/N=C(N)N)c1. The Balaban J connectivity index is 2.72. The molecule has 0 aliphatic rings. The summed E-state index contributed by atoms with van der Waals surface area (Å²) >= 11 is 0. The lowest BCUT2D eigenvalue weighted by atomic mass is 10.2. The standard InChI is InChI=1S/C10H15N9/c1-14-10(13)19-17-6-8-2-7(3-15-4-8)5-16-18-9(11)12/h2-6H,1H3,(H4,11,12,18)(H3,13,14,19)/p+1/b16-5+,17-6+. The van der Waals surface area contributed by atoms with Crippen molar-refractivity contribution in [3.63, 3.8) is 0 Å². The number of nitrogens with one attached hydrogen (secondary N) is 2. The second-order valence-electron chi connectivity index (χ2n) is 3.35. The Bertz CT molecular complexity index is 526. The summed E-state index contributed by atoms with van der Waals surface area (Å²) in [7, 11) is 1.56. The maximum atomic E-state index is 5.42. The van der Waals surface area contributed by atoms with Crippen molar-refractivity contribution in [1.82, 2.24) is 5.43 Å². The molecule has 0 atom stereocenters. The molecular weight excluding hydrogens is 246 g/mol. The molecule has 1 rings (SSSR count). The Hall–Kier alpha value is -2.97. The highest BCUT2D eigenvalue weighted by atomic mass is 15.3. The average Bonchev–Trinajstić information content (AvgIpc) is 2.38. The minimum Gasteiger partial charge on any atom is -0.369 e. The van der Waals surface area contributed by atoms with E-state index in [1.807, 2.05) is 6.07 Å². The van der Waals surface area contributed by atoms with Crippen molar-refractivity contribution in [2.45, 2.75) is 0 Å². The third-order valence-electron chi connectivity index (χ3n) is 1.85. The molecule has 0 radical (unpaired) electrons. The van der Waals surface area contributed by atoms with E-state index in [9.17, 15) is 0 Å². The van der Waals surface area contributed by atoms with Crippen LogP contribution in [0.15, 0.2) is 38.8 Å². The van der Waals surface area contributed by atoms with Gasteiger partial charge in [-0.3, -0.25) is 4.99 Å². The maximum absolute atomic E-state index is 5.42. The van der Waals surface area contributed by atoms with Crippen LogP contribution in [0.2, 0.25) is 0 Å². The number of nitrogens with two attached hydrogens (primary N) is 3. The molecule has 0 unspecified atom stereocenters. The van der Waals surface area contributed by atoms with Crippen LogP contribution in [0.3, 0.4) is 0 Å². The van der Waals surface area contributed by atoms with Gasteiger partial charge in [-0.05, 0) is 6.07 Å². The number of hydrogen-bond acceptors (Lipinski definition) is 4. The van der Waals surface area contributed by atoms with Gasteiger partial charge in [0.05, 0.1) is 23.6 Å². The van der Waals surface area contributed by atoms with Crippen LogP contribution >= 0.6 is 0 Å². The molecule has 0 bridgehead atoms. The lowest BCUT2D eigenvalue weighted by Gasteiger charge is -1.95. The van der Waals surface area contributed by atoms with Gasteiger partial charge < -0.3 is 17.2 Å². The van der Waals surface area contributed by atoms with Gasteiger partial charge in [-0.15, -0.1) is 5.10 Å². The highest BCUT2D eigenvalue weighted by Gasteiger charge is 1.96. The number of aromatic nitrogens is 1. The average molecular weight is 262 g/mol. The van der Waals surface area contributed by atoms with Crippen LogP contribution in [0.1, 0.15) is 11.1 Å². The molecule has 8 N–H and O–H groups in total. The van der Waals surface area contributed by atoms with E-state index >= 15 is 0 Å². The fraction of sp³-hybridized carbons (Fsp3) is 0.100. The van der Waals surface area contributed by atoms with Crippen LogP contribution in [0.5, 0.6) is 0 Å². The molecule has 0 aliphatic heterocycles. The predicted molar refractivity (Wildman–Crippen MR) is 74.7 cm³/mol. The van der Waals surface area contributed by atoms with Crippen molar-refractivity contribution in [3.8, 4) is 0 Å². The van der Waals surface area contributed by atoms with E-state index in [0.717, 1.165) is 11.1 Å². The summed E-state index contributed by atoms with van der Waals surface area (Å²) in [5.41, 5.74) is 19.9.